The first-order valence-corrected chi connectivity index (χ1v) is 8.03. The summed E-state index contributed by atoms with van der Waals surface area (Å²) >= 11 is 1.26. The lowest BCUT2D eigenvalue weighted by Gasteiger charge is -1.99. The van der Waals surface area contributed by atoms with Crippen molar-refractivity contribution in [2.24, 2.45) is 0 Å². The molecule has 0 aliphatic heterocycles. The van der Waals surface area contributed by atoms with Crippen LogP contribution in [0.1, 0.15) is 25.6 Å². The fourth-order valence-electron chi connectivity index (χ4n) is 2.29. The molecule has 0 aliphatic carbocycles. The van der Waals surface area contributed by atoms with Crippen LogP contribution in [0.2, 0.25) is 0 Å². The SMILES string of the molecule is COC(=O)c1ccc(/C=C/C(=O)c2sc3ccccc3c2O)cc1. The quantitative estimate of drug-likeness (QED) is 0.438. The van der Waals surface area contributed by atoms with Gasteiger partial charge in [0.05, 0.1) is 12.7 Å². The summed E-state index contributed by atoms with van der Waals surface area (Å²) in [5.41, 5.74) is 1.22. The summed E-state index contributed by atoms with van der Waals surface area (Å²) in [5, 5.41) is 10.9. The van der Waals surface area contributed by atoms with Crippen LogP contribution in [0.5, 0.6) is 5.75 Å². The van der Waals surface area contributed by atoms with Gasteiger partial charge in [-0.25, -0.2) is 4.79 Å². The topological polar surface area (TPSA) is 63.6 Å². The lowest BCUT2D eigenvalue weighted by molar-refractivity contribution is 0.0600. The number of allylic oxidation sites excluding steroid dienone is 1. The van der Waals surface area contributed by atoms with Crippen LogP contribution in [0.3, 0.4) is 0 Å². The van der Waals surface area contributed by atoms with E-state index < -0.39 is 5.97 Å². The number of esters is 1. The van der Waals surface area contributed by atoms with Crippen molar-refractivity contribution in [2.75, 3.05) is 7.11 Å². The maximum absolute atomic E-state index is 12.3. The molecule has 0 aliphatic rings. The van der Waals surface area contributed by atoms with Crippen LogP contribution >= 0.6 is 11.3 Å². The molecule has 2 aromatic carbocycles. The van der Waals surface area contributed by atoms with Crippen molar-refractivity contribution >= 4 is 39.3 Å². The van der Waals surface area contributed by atoms with Gasteiger partial charge in [0.15, 0.2) is 5.78 Å². The largest absolute Gasteiger partial charge is 0.506 e. The fourth-order valence-corrected chi connectivity index (χ4v) is 3.31. The number of hydrogen-bond acceptors (Lipinski definition) is 5. The number of methoxy groups -OCH3 is 1. The average Bonchev–Trinajstić information content (AvgIpc) is 2.96. The lowest BCUT2D eigenvalue weighted by Crippen LogP contribution is -2.00. The predicted molar refractivity (Wildman–Crippen MR) is 94.6 cm³/mol. The minimum Gasteiger partial charge on any atom is -0.506 e. The molecular formula is C19H14O4S. The third-order valence-electron chi connectivity index (χ3n) is 3.55. The Morgan fingerprint density at radius 3 is 2.46 bits per heavy atom. The molecular weight excluding hydrogens is 324 g/mol. The van der Waals surface area contributed by atoms with Crippen molar-refractivity contribution in [3.05, 3.63) is 70.6 Å². The summed E-state index contributed by atoms with van der Waals surface area (Å²) < 4.78 is 5.51. The van der Waals surface area contributed by atoms with E-state index in [0.29, 0.717) is 15.8 Å². The van der Waals surface area contributed by atoms with Gasteiger partial charge in [0, 0.05) is 10.1 Å². The number of aromatic hydroxyl groups is 1. The summed E-state index contributed by atoms with van der Waals surface area (Å²) in [4.78, 5) is 24.0. The number of rotatable bonds is 4. The number of ketones is 1. The Bertz CT molecular complexity index is 936. The van der Waals surface area contributed by atoms with Crippen molar-refractivity contribution in [2.45, 2.75) is 0 Å². The molecule has 0 unspecified atom stereocenters. The molecule has 120 valence electrons. The van der Waals surface area contributed by atoms with Gasteiger partial charge >= 0.3 is 5.97 Å². The van der Waals surface area contributed by atoms with Crippen LogP contribution in [0.25, 0.3) is 16.2 Å². The molecule has 0 fully saturated rings. The first kappa shape index (κ1) is 16.0. The number of ether oxygens (including phenoxy) is 1. The average molecular weight is 338 g/mol. The van der Waals surface area contributed by atoms with Crippen molar-refractivity contribution < 1.29 is 19.4 Å². The summed E-state index contributed by atoms with van der Waals surface area (Å²) in [7, 11) is 1.33. The molecule has 0 radical (unpaired) electrons. The Morgan fingerprint density at radius 2 is 1.79 bits per heavy atom. The highest BCUT2D eigenvalue weighted by atomic mass is 32.1. The highest BCUT2D eigenvalue weighted by Crippen LogP contribution is 2.37. The third-order valence-corrected chi connectivity index (χ3v) is 4.73. The first-order valence-electron chi connectivity index (χ1n) is 7.21. The highest BCUT2D eigenvalue weighted by Gasteiger charge is 2.15. The molecule has 0 amide bonds. The molecule has 0 bridgehead atoms. The van der Waals surface area contributed by atoms with Crippen LogP contribution in [0.15, 0.2) is 54.6 Å². The maximum atomic E-state index is 12.3. The minimum absolute atomic E-state index is 0.0197. The molecule has 5 heteroatoms. The van der Waals surface area contributed by atoms with E-state index >= 15 is 0 Å². The molecule has 3 rings (SSSR count). The molecule has 24 heavy (non-hydrogen) atoms. The van der Waals surface area contributed by atoms with E-state index in [0.717, 1.165) is 10.3 Å². The highest BCUT2D eigenvalue weighted by molar-refractivity contribution is 7.21. The van der Waals surface area contributed by atoms with Crippen LogP contribution < -0.4 is 0 Å². The second-order valence-electron chi connectivity index (χ2n) is 5.09. The number of fused-ring (bicyclic) bond motifs is 1. The minimum atomic E-state index is -0.406. The van der Waals surface area contributed by atoms with Crippen molar-refractivity contribution in [3.8, 4) is 5.75 Å². The van der Waals surface area contributed by atoms with Crippen LogP contribution in [0.4, 0.5) is 0 Å². The molecule has 0 saturated carbocycles. The fraction of sp³-hybridized carbons (Fsp3) is 0.0526. The standard InChI is InChI=1S/C19H14O4S/c1-23-19(22)13-9-6-12(7-10-13)8-11-15(20)18-17(21)14-4-2-3-5-16(14)24-18/h2-11,21H,1H3/b11-8+. The molecule has 0 atom stereocenters. The molecule has 3 aromatic rings. The summed E-state index contributed by atoms with van der Waals surface area (Å²) in [6, 6.07) is 14.0. The van der Waals surface area contributed by atoms with Gasteiger partial charge in [-0.3, -0.25) is 4.79 Å². The molecule has 1 N–H and O–H groups in total. The van der Waals surface area contributed by atoms with E-state index in [4.69, 9.17) is 0 Å². The van der Waals surface area contributed by atoms with Gasteiger partial charge in [-0.05, 0) is 35.9 Å². The van der Waals surface area contributed by atoms with E-state index in [9.17, 15) is 14.7 Å². The molecule has 1 aromatic heterocycles. The Labute approximate surface area is 142 Å². The zero-order valence-electron chi connectivity index (χ0n) is 12.9. The van der Waals surface area contributed by atoms with Gasteiger partial charge in [0.1, 0.15) is 10.6 Å². The number of hydrogen-bond donors (Lipinski definition) is 1. The smallest absolute Gasteiger partial charge is 0.337 e. The molecule has 1 heterocycles. The van der Waals surface area contributed by atoms with Crippen molar-refractivity contribution in [1.29, 1.82) is 0 Å². The van der Waals surface area contributed by atoms with Gasteiger partial charge in [-0.2, -0.15) is 0 Å². The molecule has 0 spiro atoms. The van der Waals surface area contributed by atoms with Crippen LogP contribution in [-0.2, 0) is 4.74 Å². The van der Waals surface area contributed by atoms with E-state index in [2.05, 4.69) is 4.74 Å². The summed E-state index contributed by atoms with van der Waals surface area (Å²) in [5.74, 6) is -0.645. The van der Waals surface area contributed by atoms with Gasteiger partial charge in [-0.1, -0.05) is 30.3 Å². The van der Waals surface area contributed by atoms with Crippen molar-refractivity contribution in [3.63, 3.8) is 0 Å². The molecule has 0 saturated heterocycles. The number of benzene rings is 2. The molecule has 4 nitrogen and oxygen atoms in total. The third kappa shape index (κ3) is 3.07. The van der Waals surface area contributed by atoms with Crippen LogP contribution in [-0.4, -0.2) is 24.0 Å². The van der Waals surface area contributed by atoms with Crippen LogP contribution in [0, 0.1) is 0 Å². The zero-order chi connectivity index (χ0) is 17.1. The van der Waals surface area contributed by atoms with E-state index in [1.807, 2.05) is 18.2 Å². The van der Waals surface area contributed by atoms with Crippen molar-refractivity contribution in [1.82, 2.24) is 0 Å². The Hall–Kier alpha value is -2.92. The van der Waals surface area contributed by atoms with Gasteiger partial charge in [0.25, 0.3) is 0 Å². The number of thiophene rings is 1. The second kappa shape index (κ2) is 6.68. The lowest BCUT2D eigenvalue weighted by atomic mass is 10.1. The summed E-state index contributed by atoms with van der Waals surface area (Å²) in [6.07, 6.45) is 3.06. The van der Waals surface area contributed by atoms with Gasteiger partial charge in [0.2, 0.25) is 0 Å². The summed E-state index contributed by atoms with van der Waals surface area (Å²) in [6.45, 7) is 0. The Morgan fingerprint density at radius 1 is 1.08 bits per heavy atom. The first-order chi connectivity index (χ1) is 11.6. The Kier molecular flexibility index (Phi) is 4.44. The monoisotopic (exact) mass is 338 g/mol. The van der Waals surface area contributed by atoms with E-state index in [1.165, 1.54) is 24.5 Å². The Balaban J connectivity index is 1.82. The number of carbonyl (C=O) groups is 2. The zero-order valence-corrected chi connectivity index (χ0v) is 13.7. The number of carbonyl (C=O) groups excluding carboxylic acids is 2. The van der Waals surface area contributed by atoms with Gasteiger partial charge in [-0.15, -0.1) is 11.3 Å². The van der Waals surface area contributed by atoms with E-state index in [1.54, 1.807) is 36.4 Å². The predicted octanol–water partition coefficient (Wildman–Crippen LogP) is 4.29. The normalized spacial score (nSPS) is 11.0. The van der Waals surface area contributed by atoms with E-state index in [-0.39, 0.29) is 11.5 Å². The maximum Gasteiger partial charge on any atom is 0.337 e. The second-order valence-corrected chi connectivity index (χ2v) is 6.14. The van der Waals surface area contributed by atoms with Gasteiger partial charge < -0.3 is 9.84 Å².